The lowest BCUT2D eigenvalue weighted by atomic mass is 9.85. The number of nitrogens with one attached hydrogen (secondary N) is 1. The van der Waals surface area contributed by atoms with Crippen LogP contribution in [0.3, 0.4) is 0 Å². The van der Waals surface area contributed by atoms with Gasteiger partial charge in [-0.05, 0) is 36.6 Å². The number of pyridine rings is 1. The van der Waals surface area contributed by atoms with Gasteiger partial charge in [-0.15, -0.1) is 0 Å². The van der Waals surface area contributed by atoms with Gasteiger partial charge >= 0.3 is 0 Å². The van der Waals surface area contributed by atoms with Crippen molar-refractivity contribution in [3.8, 4) is 0 Å². The molecule has 1 saturated carbocycles. The van der Waals surface area contributed by atoms with Crippen molar-refractivity contribution in [2.45, 2.75) is 38.3 Å². The highest BCUT2D eigenvalue weighted by atomic mass is 16.1. The van der Waals surface area contributed by atoms with Crippen molar-refractivity contribution < 1.29 is 4.79 Å². The van der Waals surface area contributed by atoms with Gasteiger partial charge in [0.25, 0.3) is 0 Å². The second-order valence-electron chi connectivity index (χ2n) is 5.85. The van der Waals surface area contributed by atoms with Gasteiger partial charge in [0, 0.05) is 36.3 Å². The van der Waals surface area contributed by atoms with Crippen LogP contribution in [-0.2, 0) is 11.3 Å². The molecule has 4 nitrogen and oxygen atoms in total. The highest BCUT2D eigenvalue weighted by molar-refractivity contribution is 5.84. The highest BCUT2D eigenvalue weighted by Gasteiger charge is 2.24. The van der Waals surface area contributed by atoms with Gasteiger partial charge in [-0.3, -0.25) is 9.78 Å². The summed E-state index contributed by atoms with van der Waals surface area (Å²) in [6.07, 6.45) is 7.68. The molecule has 0 radical (unpaired) electrons. The monoisotopic (exact) mass is 283 g/mol. The third-order valence-electron chi connectivity index (χ3n) is 4.46. The fraction of sp³-hybridized carbons (Fsp3) is 0.412. The van der Waals surface area contributed by atoms with Gasteiger partial charge in [-0.25, -0.2) is 0 Å². The molecule has 0 unspecified atom stereocenters. The van der Waals surface area contributed by atoms with E-state index >= 15 is 0 Å². The molecule has 1 aromatic heterocycles. The van der Waals surface area contributed by atoms with Crippen LogP contribution < -0.4 is 11.1 Å². The molecule has 0 bridgehead atoms. The topological polar surface area (TPSA) is 68.0 Å². The predicted molar refractivity (Wildman–Crippen MR) is 83.5 cm³/mol. The fourth-order valence-electron chi connectivity index (χ4n) is 3.16. The molecule has 110 valence electrons. The summed E-state index contributed by atoms with van der Waals surface area (Å²) in [5.41, 5.74) is 6.60. The smallest absolute Gasteiger partial charge is 0.220 e. The molecule has 2 aromatic rings. The number of hydrogen-bond acceptors (Lipinski definition) is 3. The molecule has 1 aliphatic rings. The molecule has 0 aliphatic heterocycles. The number of primary amides is 1. The summed E-state index contributed by atoms with van der Waals surface area (Å²) in [5, 5.41) is 6.03. The molecule has 3 rings (SSSR count). The van der Waals surface area contributed by atoms with Crippen LogP contribution in [0, 0.1) is 5.92 Å². The minimum absolute atomic E-state index is 0.0715. The highest BCUT2D eigenvalue weighted by Crippen LogP contribution is 2.24. The van der Waals surface area contributed by atoms with Crippen molar-refractivity contribution in [3.05, 3.63) is 42.2 Å². The number of rotatable bonds is 4. The number of carbonyl (C=O) groups is 1. The first-order chi connectivity index (χ1) is 10.2. The van der Waals surface area contributed by atoms with Gasteiger partial charge in [0.1, 0.15) is 0 Å². The van der Waals surface area contributed by atoms with E-state index in [0.29, 0.717) is 6.04 Å². The predicted octanol–water partition coefficient (Wildman–Crippen LogP) is 2.37. The van der Waals surface area contributed by atoms with Crippen LogP contribution in [0.15, 0.2) is 36.7 Å². The molecule has 0 spiro atoms. The van der Waals surface area contributed by atoms with E-state index in [2.05, 4.69) is 28.5 Å². The summed E-state index contributed by atoms with van der Waals surface area (Å²) in [6, 6.07) is 8.79. The van der Waals surface area contributed by atoms with Gasteiger partial charge in [0.05, 0.1) is 0 Å². The molecule has 0 atom stereocenters. The zero-order valence-corrected chi connectivity index (χ0v) is 12.1. The first-order valence-electron chi connectivity index (χ1n) is 7.58. The lowest BCUT2D eigenvalue weighted by Gasteiger charge is -2.27. The normalized spacial score (nSPS) is 22.3. The van der Waals surface area contributed by atoms with Gasteiger partial charge in [0.15, 0.2) is 0 Å². The molecule has 1 amide bonds. The largest absolute Gasteiger partial charge is 0.369 e. The van der Waals surface area contributed by atoms with Crippen LogP contribution in [-0.4, -0.2) is 16.9 Å². The van der Waals surface area contributed by atoms with Gasteiger partial charge in [-0.1, -0.05) is 24.3 Å². The SMILES string of the molecule is NC(=O)C1CCC(NCc2cncc3ccccc23)CC1. The second-order valence-corrected chi connectivity index (χ2v) is 5.85. The van der Waals surface area contributed by atoms with E-state index < -0.39 is 0 Å². The number of fused-ring (bicyclic) bond motifs is 1. The minimum atomic E-state index is -0.147. The van der Waals surface area contributed by atoms with Crippen LogP contribution in [0.2, 0.25) is 0 Å². The van der Waals surface area contributed by atoms with Crippen molar-refractivity contribution in [2.24, 2.45) is 11.7 Å². The molecule has 21 heavy (non-hydrogen) atoms. The van der Waals surface area contributed by atoms with E-state index in [1.54, 1.807) is 0 Å². The molecule has 4 heteroatoms. The van der Waals surface area contributed by atoms with Gasteiger partial charge in [0.2, 0.25) is 5.91 Å². The number of carbonyl (C=O) groups excluding carboxylic acids is 1. The standard InChI is InChI=1S/C17H21N3O/c18-17(21)12-5-7-15(8-6-12)20-11-14-10-19-9-13-3-1-2-4-16(13)14/h1-4,9-10,12,15,20H,5-8,11H2,(H2,18,21). The van der Waals surface area contributed by atoms with Crippen LogP contribution in [0.1, 0.15) is 31.2 Å². The number of nitrogens with zero attached hydrogens (tertiary/aromatic N) is 1. The molecular weight excluding hydrogens is 262 g/mol. The van der Waals surface area contributed by atoms with Crippen LogP contribution >= 0.6 is 0 Å². The van der Waals surface area contributed by atoms with E-state index in [1.807, 2.05) is 18.5 Å². The van der Waals surface area contributed by atoms with Crippen LogP contribution in [0.25, 0.3) is 10.8 Å². The first kappa shape index (κ1) is 14.0. The Morgan fingerprint density at radius 1 is 1.19 bits per heavy atom. The Morgan fingerprint density at radius 3 is 2.71 bits per heavy atom. The van der Waals surface area contributed by atoms with E-state index in [1.165, 1.54) is 16.3 Å². The van der Waals surface area contributed by atoms with Crippen molar-refractivity contribution in [1.29, 1.82) is 0 Å². The number of hydrogen-bond donors (Lipinski definition) is 2. The molecule has 0 saturated heterocycles. The Hall–Kier alpha value is -1.94. The average molecular weight is 283 g/mol. The van der Waals surface area contributed by atoms with E-state index in [0.717, 1.165) is 32.2 Å². The molecular formula is C17H21N3O. The zero-order chi connectivity index (χ0) is 14.7. The summed E-state index contributed by atoms with van der Waals surface area (Å²) >= 11 is 0. The van der Waals surface area contributed by atoms with Crippen LogP contribution in [0.4, 0.5) is 0 Å². The third-order valence-corrected chi connectivity index (χ3v) is 4.46. The van der Waals surface area contributed by atoms with Gasteiger partial charge in [-0.2, -0.15) is 0 Å². The van der Waals surface area contributed by atoms with E-state index in [9.17, 15) is 4.79 Å². The molecule has 1 heterocycles. The summed E-state index contributed by atoms with van der Waals surface area (Å²) in [4.78, 5) is 15.5. The molecule has 3 N–H and O–H groups in total. The lowest BCUT2D eigenvalue weighted by Crippen LogP contribution is -2.36. The maximum atomic E-state index is 11.2. The molecule has 1 fully saturated rings. The Labute approximate surface area is 124 Å². The Morgan fingerprint density at radius 2 is 1.95 bits per heavy atom. The lowest BCUT2D eigenvalue weighted by molar-refractivity contribution is -0.122. The summed E-state index contributed by atoms with van der Waals surface area (Å²) in [6.45, 7) is 0.820. The number of nitrogens with two attached hydrogens (primary N) is 1. The van der Waals surface area contributed by atoms with Crippen LogP contribution in [0.5, 0.6) is 0 Å². The molecule has 1 aromatic carbocycles. The van der Waals surface area contributed by atoms with E-state index in [-0.39, 0.29) is 11.8 Å². The Kier molecular flexibility index (Phi) is 4.15. The second kappa shape index (κ2) is 6.22. The van der Waals surface area contributed by atoms with Crippen molar-refractivity contribution in [3.63, 3.8) is 0 Å². The molecule has 1 aliphatic carbocycles. The average Bonchev–Trinajstić information content (AvgIpc) is 2.53. The van der Waals surface area contributed by atoms with Crippen molar-refractivity contribution in [2.75, 3.05) is 0 Å². The first-order valence-corrected chi connectivity index (χ1v) is 7.58. The summed E-state index contributed by atoms with van der Waals surface area (Å²) in [5.74, 6) is -0.0750. The maximum absolute atomic E-state index is 11.2. The van der Waals surface area contributed by atoms with E-state index in [4.69, 9.17) is 5.73 Å². The number of benzene rings is 1. The van der Waals surface area contributed by atoms with Gasteiger partial charge < -0.3 is 11.1 Å². The summed E-state index contributed by atoms with van der Waals surface area (Å²) in [7, 11) is 0. The Balaban J connectivity index is 1.61. The summed E-state index contributed by atoms with van der Waals surface area (Å²) < 4.78 is 0. The fourth-order valence-corrected chi connectivity index (χ4v) is 3.16. The quantitative estimate of drug-likeness (QED) is 0.905. The minimum Gasteiger partial charge on any atom is -0.369 e. The van der Waals surface area contributed by atoms with Crippen molar-refractivity contribution >= 4 is 16.7 Å². The zero-order valence-electron chi connectivity index (χ0n) is 12.1. The maximum Gasteiger partial charge on any atom is 0.220 e. The number of amides is 1. The van der Waals surface area contributed by atoms with Crippen molar-refractivity contribution in [1.82, 2.24) is 10.3 Å². The third kappa shape index (κ3) is 3.22. The number of aromatic nitrogens is 1. The Bertz CT molecular complexity index is 627.